The van der Waals surface area contributed by atoms with Gasteiger partial charge in [0.05, 0.1) is 12.3 Å². The Kier molecular flexibility index (Phi) is 3.29. The smallest absolute Gasteiger partial charge is 0.320 e. The third-order valence-electron chi connectivity index (χ3n) is 3.28. The summed E-state index contributed by atoms with van der Waals surface area (Å²) in [5.41, 5.74) is 0. The van der Waals surface area contributed by atoms with Gasteiger partial charge in [-0.2, -0.15) is 0 Å². The first-order chi connectivity index (χ1) is 7.70. The molecule has 16 heavy (non-hydrogen) atoms. The van der Waals surface area contributed by atoms with Gasteiger partial charge < -0.3 is 9.52 Å². The minimum atomic E-state index is -0.724. The van der Waals surface area contributed by atoms with Gasteiger partial charge in [0, 0.05) is 0 Å². The van der Waals surface area contributed by atoms with E-state index in [4.69, 9.17) is 4.42 Å². The number of carboxylic acid groups (broad SMARTS) is 1. The summed E-state index contributed by atoms with van der Waals surface area (Å²) >= 11 is 0. The van der Waals surface area contributed by atoms with Crippen LogP contribution in [0.2, 0.25) is 0 Å². The molecular formula is C12H17NO3. The van der Waals surface area contributed by atoms with Gasteiger partial charge in [-0.05, 0) is 38.4 Å². The van der Waals surface area contributed by atoms with E-state index in [1.165, 1.54) is 0 Å². The van der Waals surface area contributed by atoms with Crippen molar-refractivity contribution in [1.82, 2.24) is 4.90 Å². The number of carboxylic acids is 1. The van der Waals surface area contributed by atoms with Crippen molar-refractivity contribution < 1.29 is 14.3 Å². The van der Waals surface area contributed by atoms with E-state index >= 15 is 0 Å². The lowest BCUT2D eigenvalue weighted by Crippen LogP contribution is -2.45. The molecule has 88 valence electrons. The molecule has 4 heteroatoms. The molecule has 0 spiro atoms. The van der Waals surface area contributed by atoms with Crippen molar-refractivity contribution in [3.8, 4) is 0 Å². The summed E-state index contributed by atoms with van der Waals surface area (Å²) in [4.78, 5) is 13.2. The first kappa shape index (κ1) is 11.2. The number of piperidine rings is 1. The highest BCUT2D eigenvalue weighted by atomic mass is 16.4. The molecule has 1 aliphatic heterocycles. The van der Waals surface area contributed by atoms with E-state index in [2.05, 4.69) is 0 Å². The zero-order valence-corrected chi connectivity index (χ0v) is 9.43. The lowest BCUT2D eigenvalue weighted by Gasteiger charge is -2.36. The number of aliphatic carboxylic acids is 1. The lowest BCUT2D eigenvalue weighted by atomic mass is 9.99. The van der Waals surface area contributed by atoms with Gasteiger partial charge in [-0.15, -0.1) is 0 Å². The third-order valence-corrected chi connectivity index (χ3v) is 3.28. The molecule has 1 N–H and O–H groups in total. The van der Waals surface area contributed by atoms with Gasteiger partial charge in [0.2, 0.25) is 0 Å². The average molecular weight is 223 g/mol. The number of rotatable bonds is 3. The highest BCUT2D eigenvalue weighted by molar-refractivity contribution is 5.73. The minimum absolute atomic E-state index is 0.0383. The van der Waals surface area contributed by atoms with E-state index in [9.17, 15) is 9.90 Å². The van der Waals surface area contributed by atoms with Crippen LogP contribution in [0.25, 0.3) is 0 Å². The van der Waals surface area contributed by atoms with Crippen LogP contribution in [0, 0.1) is 0 Å². The number of hydrogen-bond donors (Lipinski definition) is 1. The minimum Gasteiger partial charge on any atom is -0.480 e. The molecule has 0 saturated carbocycles. The molecule has 2 rings (SSSR count). The second-order valence-corrected chi connectivity index (χ2v) is 4.28. The van der Waals surface area contributed by atoms with Crippen molar-refractivity contribution in [2.24, 2.45) is 0 Å². The largest absolute Gasteiger partial charge is 0.480 e. The van der Waals surface area contributed by atoms with Crippen LogP contribution in [-0.2, 0) is 4.79 Å². The van der Waals surface area contributed by atoms with Crippen molar-refractivity contribution in [2.45, 2.75) is 38.3 Å². The van der Waals surface area contributed by atoms with E-state index in [0.29, 0.717) is 0 Å². The molecule has 1 fully saturated rings. The molecule has 0 amide bonds. The Morgan fingerprint density at radius 1 is 1.62 bits per heavy atom. The van der Waals surface area contributed by atoms with Crippen LogP contribution in [0.4, 0.5) is 0 Å². The molecule has 0 aromatic carbocycles. The van der Waals surface area contributed by atoms with Crippen LogP contribution in [0.5, 0.6) is 0 Å². The summed E-state index contributed by atoms with van der Waals surface area (Å²) in [5, 5.41) is 9.18. The van der Waals surface area contributed by atoms with Crippen LogP contribution in [0.1, 0.15) is 38.0 Å². The van der Waals surface area contributed by atoms with Crippen molar-refractivity contribution in [3.05, 3.63) is 24.2 Å². The van der Waals surface area contributed by atoms with Gasteiger partial charge in [0.25, 0.3) is 0 Å². The Morgan fingerprint density at radius 3 is 3.06 bits per heavy atom. The third kappa shape index (κ3) is 2.11. The lowest BCUT2D eigenvalue weighted by molar-refractivity contribution is -0.145. The number of hydrogen-bond acceptors (Lipinski definition) is 3. The fourth-order valence-electron chi connectivity index (χ4n) is 2.38. The molecule has 1 saturated heterocycles. The monoisotopic (exact) mass is 223 g/mol. The van der Waals surface area contributed by atoms with Crippen LogP contribution in [0.15, 0.2) is 22.8 Å². The Hall–Kier alpha value is -1.29. The molecule has 2 heterocycles. The maximum Gasteiger partial charge on any atom is 0.320 e. The fourth-order valence-corrected chi connectivity index (χ4v) is 2.38. The second-order valence-electron chi connectivity index (χ2n) is 4.28. The fraction of sp³-hybridized carbons (Fsp3) is 0.583. The highest BCUT2D eigenvalue weighted by Gasteiger charge is 2.32. The van der Waals surface area contributed by atoms with E-state index in [1.807, 2.05) is 24.0 Å². The van der Waals surface area contributed by atoms with Crippen LogP contribution in [0.3, 0.4) is 0 Å². The zero-order valence-electron chi connectivity index (χ0n) is 9.43. The van der Waals surface area contributed by atoms with Crippen molar-refractivity contribution in [1.29, 1.82) is 0 Å². The van der Waals surface area contributed by atoms with Gasteiger partial charge in [-0.25, -0.2) is 0 Å². The summed E-state index contributed by atoms with van der Waals surface area (Å²) in [7, 11) is 0. The Balaban J connectivity index is 2.14. The highest BCUT2D eigenvalue weighted by Crippen LogP contribution is 2.28. The first-order valence-corrected chi connectivity index (χ1v) is 5.72. The van der Waals surface area contributed by atoms with Gasteiger partial charge in [0.1, 0.15) is 11.8 Å². The molecule has 0 unspecified atom stereocenters. The summed E-state index contributed by atoms with van der Waals surface area (Å²) in [6, 6.07) is 3.41. The molecule has 1 aromatic heterocycles. The Labute approximate surface area is 94.9 Å². The first-order valence-electron chi connectivity index (χ1n) is 5.72. The van der Waals surface area contributed by atoms with Crippen LogP contribution in [-0.4, -0.2) is 28.6 Å². The number of nitrogens with zero attached hydrogens (tertiary/aromatic N) is 1. The molecule has 4 nitrogen and oxygen atoms in total. The van der Waals surface area contributed by atoms with Gasteiger partial charge in [-0.1, -0.05) is 6.42 Å². The molecule has 0 bridgehead atoms. The Morgan fingerprint density at radius 2 is 2.44 bits per heavy atom. The molecular weight excluding hydrogens is 206 g/mol. The van der Waals surface area contributed by atoms with Gasteiger partial charge in [-0.3, -0.25) is 9.69 Å². The number of furan rings is 1. The summed E-state index contributed by atoms with van der Waals surface area (Å²) in [6.07, 6.45) is 4.43. The number of carbonyl (C=O) groups is 1. The zero-order chi connectivity index (χ0) is 11.5. The second kappa shape index (κ2) is 4.70. The quantitative estimate of drug-likeness (QED) is 0.854. The molecule has 1 aliphatic rings. The summed E-state index contributed by atoms with van der Waals surface area (Å²) < 4.78 is 5.34. The van der Waals surface area contributed by atoms with Crippen LogP contribution >= 0.6 is 0 Å². The van der Waals surface area contributed by atoms with E-state index in [-0.39, 0.29) is 12.1 Å². The van der Waals surface area contributed by atoms with E-state index in [0.717, 1.165) is 31.6 Å². The topological polar surface area (TPSA) is 53.7 Å². The van der Waals surface area contributed by atoms with Gasteiger partial charge in [0.15, 0.2) is 0 Å². The van der Waals surface area contributed by atoms with E-state index in [1.54, 1.807) is 6.26 Å². The normalized spacial score (nSPS) is 24.2. The average Bonchev–Trinajstić information content (AvgIpc) is 2.81. The molecule has 0 radical (unpaired) electrons. The SMILES string of the molecule is C[C@H](c1ccco1)N1CCCC[C@H]1C(=O)O. The predicted octanol–water partition coefficient (Wildman–Crippen LogP) is 2.28. The molecule has 0 aliphatic carbocycles. The summed E-state index contributed by atoms with van der Waals surface area (Å²) in [5.74, 6) is 0.117. The summed E-state index contributed by atoms with van der Waals surface area (Å²) in [6.45, 7) is 2.83. The predicted molar refractivity (Wildman–Crippen MR) is 59.1 cm³/mol. The molecule has 1 aromatic rings. The van der Waals surface area contributed by atoms with Gasteiger partial charge >= 0.3 is 5.97 Å². The van der Waals surface area contributed by atoms with Crippen molar-refractivity contribution in [3.63, 3.8) is 0 Å². The van der Waals surface area contributed by atoms with Crippen LogP contribution < -0.4 is 0 Å². The standard InChI is InChI=1S/C12H17NO3/c1-9(11-6-4-8-16-11)13-7-3-2-5-10(13)12(14)15/h4,6,8-10H,2-3,5,7H2,1H3,(H,14,15)/t9-,10+/m1/s1. The van der Waals surface area contributed by atoms with E-state index < -0.39 is 5.97 Å². The maximum absolute atomic E-state index is 11.2. The maximum atomic E-state index is 11.2. The number of likely N-dealkylation sites (tertiary alicyclic amines) is 1. The molecule has 2 atom stereocenters. The van der Waals surface area contributed by atoms with Crippen molar-refractivity contribution in [2.75, 3.05) is 6.54 Å². The Bertz CT molecular complexity index is 347. The van der Waals surface area contributed by atoms with Crippen molar-refractivity contribution >= 4 is 5.97 Å².